The average Bonchev–Trinajstić information content (AvgIpc) is 3.17. The first-order valence-corrected chi connectivity index (χ1v) is 10.9. The minimum atomic E-state index is -0.173. The van der Waals surface area contributed by atoms with Crippen LogP contribution >= 0.6 is 11.3 Å². The van der Waals surface area contributed by atoms with Crippen molar-refractivity contribution in [2.75, 3.05) is 13.7 Å². The fourth-order valence-electron chi connectivity index (χ4n) is 4.40. The normalized spacial score (nSPS) is 23.4. The van der Waals surface area contributed by atoms with Crippen LogP contribution in [0.15, 0.2) is 77.2 Å². The van der Waals surface area contributed by atoms with Crippen molar-refractivity contribution in [3.8, 4) is 17.0 Å². The molecule has 0 bridgehead atoms. The third-order valence-corrected chi connectivity index (χ3v) is 7.04. The van der Waals surface area contributed by atoms with Crippen molar-refractivity contribution in [3.05, 3.63) is 82.3 Å². The molecule has 0 saturated heterocycles. The molecule has 1 fully saturated rings. The first kappa shape index (κ1) is 18.4. The smallest absolute Gasteiger partial charge is 0.139 e. The van der Waals surface area contributed by atoms with Gasteiger partial charge in [-0.15, -0.1) is 11.3 Å². The lowest BCUT2D eigenvalue weighted by Crippen LogP contribution is -2.28. The van der Waals surface area contributed by atoms with E-state index in [1.165, 1.54) is 16.7 Å². The molecule has 29 heavy (non-hydrogen) atoms. The highest BCUT2D eigenvalue weighted by molar-refractivity contribution is 7.10. The highest BCUT2D eigenvalue weighted by Crippen LogP contribution is 2.43. The van der Waals surface area contributed by atoms with E-state index in [1.54, 1.807) is 24.6 Å². The van der Waals surface area contributed by atoms with Crippen LogP contribution in [0.4, 0.5) is 4.39 Å². The first-order chi connectivity index (χ1) is 14.2. The van der Waals surface area contributed by atoms with Gasteiger partial charge in [-0.05, 0) is 67.7 Å². The Hall–Kier alpha value is -2.66. The number of fused-ring (bicyclic) bond motifs is 2. The number of hydrogen-bond donors (Lipinski definition) is 0. The Balaban J connectivity index is 1.33. The number of rotatable bonds is 3. The molecular weight excluding hydrogens is 383 g/mol. The van der Waals surface area contributed by atoms with E-state index in [4.69, 9.17) is 9.72 Å². The van der Waals surface area contributed by atoms with Gasteiger partial charge in [-0.1, -0.05) is 11.6 Å². The van der Waals surface area contributed by atoms with Crippen LogP contribution in [0, 0.1) is 5.92 Å². The maximum atomic E-state index is 13.7. The van der Waals surface area contributed by atoms with Gasteiger partial charge in [0.1, 0.15) is 11.6 Å². The molecule has 1 aliphatic carbocycles. The van der Waals surface area contributed by atoms with Gasteiger partial charge in [-0.2, -0.15) is 0 Å². The van der Waals surface area contributed by atoms with Crippen LogP contribution in [0.3, 0.4) is 0 Å². The summed E-state index contributed by atoms with van der Waals surface area (Å²) in [4.78, 5) is 7.01. The van der Waals surface area contributed by atoms with Gasteiger partial charge in [0.15, 0.2) is 0 Å². The predicted molar refractivity (Wildman–Crippen MR) is 115 cm³/mol. The molecule has 5 rings (SSSR count). The molecular formula is C24H23FN2OS. The van der Waals surface area contributed by atoms with Crippen LogP contribution in [0.25, 0.3) is 11.3 Å². The van der Waals surface area contributed by atoms with Crippen LogP contribution in [-0.4, -0.2) is 23.5 Å². The summed E-state index contributed by atoms with van der Waals surface area (Å²) in [5.41, 5.74) is 4.69. The zero-order chi connectivity index (χ0) is 19.8. The Morgan fingerprint density at radius 1 is 1.10 bits per heavy atom. The van der Waals surface area contributed by atoms with E-state index in [1.807, 2.05) is 18.2 Å². The summed E-state index contributed by atoms with van der Waals surface area (Å²) >= 11 is 1.76. The maximum Gasteiger partial charge on any atom is 0.139 e. The molecule has 2 atom stereocenters. The number of allylic oxidation sites excluding steroid dienone is 5. The molecule has 2 aliphatic heterocycles. The van der Waals surface area contributed by atoms with Crippen molar-refractivity contribution >= 4 is 11.3 Å². The Morgan fingerprint density at radius 3 is 2.76 bits per heavy atom. The standard InChI is InChI=1S/C24H23FN2OS/c1-28-22-10-5-16(6-11-22)23-15-29-24(26-23)18-2-3-19-13-27-14-20(25)7-9-21(27)8-4-17(19)12-18/h4-11,14-15,18-19H,2-3,12-13H2,1H3/t18-,19+/m0/s1. The number of ether oxygens (including phenoxy) is 1. The van der Waals surface area contributed by atoms with Gasteiger partial charge in [0.05, 0.1) is 17.8 Å². The van der Waals surface area contributed by atoms with Gasteiger partial charge >= 0.3 is 0 Å². The van der Waals surface area contributed by atoms with E-state index in [-0.39, 0.29) is 5.83 Å². The fraction of sp³-hybridized carbons (Fsp3) is 0.292. The van der Waals surface area contributed by atoms with Crippen molar-refractivity contribution in [1.82, 2.24) is 9.88 Å². The summed E-state index contributed by atoms with van der Waals surface area (Å²) in [6.07, 6.45) is 12.7. The topological polar surface area (TPSA) is 25.4 Å². The summed E-state index contributed by atoms with van der Waals surface area (Å²) in [6.45, 7) is 0.858. The highest BCUT2D eigenvalue weighted by Gasteiger charge is 2.31. The summed E-state index contributed by atoms with van der Waals surface area (Å²) in [5.74, 6) is 1.63. The third-order valence-electron chi connectivity index (χ3n) is 6.04. The van der Waals surface area contributed by atoms with Crippen LogP contribution in [0.2, 0.25) is 0 Å². The maximum absolute atomic E-state index is 13.7. The molecule has 0 radical (unpaired) electrons. The molecule has 3 heterocycles. The second-order valence-electron chi connectivity index (χ2n) is 7.81. The largest absolute Gasteiger partial charge is 0.497 e. The summed E-state index contributed by atoms with van der Waals surface area (Å²) in [5, 5.41) is 3.38. The lowest BCUT2D eigenvalue weighted by atomic mass is 9.78. The van der Waals surface area contributed by atoms with E-state index in [0.29, 0.717) is 11.8 Å². The number of thiazole rings is 1. The minimum absolute atomic E-state index is 0.173. The SMILES string of the molecule is COc1ccc(-c2csc([C@H]3CC[C@@H]4CN5C=C(F)C=CC5=CC=C4C3)n2)cc1. The molecule has 3 nitrogen and oxygen atoms in total. The van der Waals surface area contributed by atoms with Gasteiger partial charge in [0.2, 0.25) is 0 Å². The van der Waals surface area contributed by atoms with E-state index in [0.717, 1.165) is 48.5 Å². The zero-order valence-electron chi connectivity index (χ0n) is 16.3. The molecule has 0 spiro atoms. The van der Waals surface area contributed by atoms with E-state index in [9.17, 15) is 4.39 Å². The molecule has 1 aromatic heterocycles. The number of halogens is 1. The zero-order valence-corrected chi connectivity index (χ0v) is 17.2. The van der Waals surface area contributed by atoms with Crippen LogP contribution < -0.4 is 4.74 Å². The lowest BCUT2D eigenvalue weighted by Gasteiger charge is -2.33. The molecule has 1 aromatic carbocycles. The van der Waals surface area contributed by atoms with Crippen molar-refractivity contribution in [3.63, 3.8) is 0 Å². The molecule has 5 heteroatoms. The highest BCUT2D eigenvalue weighted by atomic mass is 32.1. The fourth-order valence-corrected chi connectivity index (χ4v) is 5.37. The van der Waals surface area contributed by atoms with Crippen molar-refractivity contribution < 1.29 is 9.13 Å². The van der Waals surface area contributed by atoms with Gasteiger partial charge in [-0.3, -0.25) is 0 Å². The van der Waals surface area contributed by atoms with Gasteiger partial charge < -0.3 is 9.64 Å². The van der Waals surface area contributed by atoms with Crippen LogP contribution in [0.5, 0.6) is 5.75 Å². The summed E-state index contributed by atoms with van der Waals surface area (Å²) in [6, 6.07) is 8.07. The molecule has 2 aromatic rings. The quantitative estimate of drug-likeness (QED) is 0.606. The van der Waals surface area contributed by atoms with Crippen molar-refractivity contribution in [1.29, 1.82) is 0 Å². The average molecular weight is 407 g/mol. The van der Waals surface area contributed by atoms with Crippen LogP contribution in [-0.2, 0) is 0 Å². The molecule has 0 N–H and O–H groups in total. The lowest BCUT2D eigenvalue weighted by molar-refractivity contribution is 0.331. The Labute approximate surface area is 174 Å². The second kappa shape index (κ2) is 7.64. The van der Waals surface area contributed by atoms with Crippen molar-refractivity contribution in [2.45, 2.75) is 25.2 Å². The monoisotopic (exact) mass is 406 g/mol. The number of hydrogen-bond acceptors (Lipinski definition) is 4. The Bertz CT molecular complexity index is 1030. The van der Waals surface area contributed by atoms with Gasteiger partial charge in [-0.25, -0.2) is 9.37 Å². The Kier molecular flexibility index (Phi) is 4.84. The third kappa shape index (κ3) is 3.67. The second-order valence-corrected chi connectivity index (χ2v) is 8.70. The van der Waals surface area contributed by atoms with Gasteiger partial charge in [0, 0.05) is 35.3 Å². The van der Waals surface area contributed by atoms with Crippen molar-refractivity contribution in [2.24, 2.45) is 5.92 Å². The molecule has 0 amide bonds. The molecule has 148 valence electrons. The number of nitrogens with zero attached hydrogens (tertiary/aromatic N) is 2. The van der Waals surface area contributed by atoms with E-state index < -0.39 is 0 Å². The number of aromatic nitrogens is 1. The molecule has 3 aliphatic rings. The number of benzene rings is 1. The predicted octanol–water partition coefficient (Wildman–Crippen LogP) is 6.21. The van der Waals surface area contributed by atoms with E-state index in [2.05, 4.69) is 34.6 Å². The minimum Gasteiger partial charge on any atom is -0.497 e. The summed E-state index contributed by atoms with van der Waals surface area (Å²) in [7, 11) is 1.68. The van der Waals surface area contributed by atoms with Gasteiger partial charge in [0.25, 0.3) is 0 Å². The molecule has 1 saturated carbocycles. The van der Waals surface area contributed by atoms with E-state index >= 15 is 0 Å². The Morgan fingerprint density at radius 2 is 1.93 bits per heavy atom. The first-order valence-electron chi connectivity index (χ1n) is 10.0. The summed E-state index contributed by atoms with van der Waals surface area (Å²) < 4.78 is 18.9. The van der Waals surface area contributed by atoms with Crippen LogP contribution in [0.1, 0.15) is 30.2 Å². The molecule has 0 unspecified atom stereocenters. The number of methoxy groups -OCH3 is 1.